The van der Waals surface area contributed by atoms with Crippen molar-refractivity contribution in [3.63, 3.8) is 0 Å². The van der Waals surface area contributed by atoms with Gasteiger partial charge >= 0.3 is 7.60 Å². The number of ketones is 1. The topological polar surface area (TPSA) is 61.8 Å². The molecule has 0 saturated carbocycles. The second kappa shape index (κ2) is 14.9. The maximum absolute atomic E-state index is 13.9. The van der Waals surface area contributed by atoms with Crippen LogP contribution in [0.15, 0.2) is 152 Å². The molecule has 0 N–H and O–H groups in total. The lowest BCUT2D eigenvalue weighted by Gasteiger charge is -2.36. The number of carbonyl (C=O) groups excluding carboxylic acids is 1. The lowest BCUT2D eigenvalue weighted by molar-refractivity contribution is -0.119. The van der Waals surface area contributed by atoms with E-state index in [9.17, 15) is 9.36 Å². The molecule has 0 saturated heterocycles. The first-order valence-electron chi connectivity index (χ1n) is 14.4. The van der Waals surface area contributed by atoms with Gasteiger partial charge in [0.25, 0.3) is 0 Å². The van der Waals surface area contributed by atoms with E-state index in [1.54, 1.807) is 0 Å². The van der Waals surface area contributed by atoms with E-state index in [-0.39, 0.29) is 38.2 Å². The number of carbonyl (C=O) groups is 1. The number of hydrogen-bond donors (Lipinski definition) is 0. The van der Waals surface area contributed by atoms with Crippen LogP contribution in [0.5, 0.6) is 0 Å². The Morgan fingerprint density at radius 2 is 0.884 bits per heavy atom. The Balaban J connectivity index is 1.34. The summed E-state index contributed by atoms with van der Waals surface area (Å²) in [6, 6.07) is 48.9. The molecule has 5 nitrogen and oxygen atoms in total. The number of rotatable bonds is 15. The van der Waals surface area contributed by atoms with E-state index in [2.05, 4.69) is 0 Å². The highest BCUT2D eigenvalue weighted by atomic mass is 31.2. The standard InChI is InChI=1S/C37H35O5P/c38-36(30-43(39,41-28-31-16-6-1-7-17-31)42-29-32-18-8-2-9-19-32)26-27-40-37(33-20-10-3-11-21-33,34-22-12-4-13-23-34)35-24-14-5-15-25-35/h1-25H,26-30H2. The Hall–Kier alpha value is -4.12. The third kappa shape index (κ3) is 8.04. The smallest absolute Gasteiger partial charge is 0.338 e. The van der Waals surface area contributed by atoms with Crippen molar-refractivity contribution in [2.24, 2.45) is 0 Å². The van der Waals surface area contributed by atoms with Crippen molar-refractivity contribution in [2.45, 2.75) is 25.2 Å². The van der Waals surface area contributed by atoms with Crippen molar-refractivity contribution in [3.05, 3.63) is 179 Å². The predicted octanol–water partition coefficient (Wildman–Crippen LogP) is 8.58. The Bertz CT molecular complexity index is 1450. The summed E-state index contributed by atoms with van der Waals surface area (Å²) in [6.07, 6.45) is -0.299. The lowest BCUT2D eigenvalue weighted by atomic mass is 9.80. The molecular weight excluding hydrogens is 555 g/mol. The molecule has 0 spiro atoms. The zero-order valence-corrected chi connectivity index (χ0v) is 24.9. The van der Waals surface area contributed by atoms with Crippen molar-refractivity contribution < 1.29 is 23.1 Å². The molecule has 0 atom stereocenters. The minimum absolute atomic E-state index is 0.0433. The van der Waals surface area contributed by atoms with E-state index in [0.717, 1.165) is 27.8 Å². The van der Waals surface area contributed by atoms with Crippen LogP contribution in [0.3, 0.4) is 0 Å². The van der Waals surface area contributed by atoms with Crippen LogP contribution >= 0.6 is 7.60 Å². The summed E-state index contributed by atoms with van der Waals surface area (Å²) >= 11 is 0. The number of Topliss-reactive ketones (excluding diaryl/α,β-unsaturated/α-hetero) is 1. The predicted molar refractivity (Wildman–Crippen MR) is 170 cm³/mol. The minimum Gasteiger partial charge on any atom is -0.360 e. The molecule has 218 valence electrons. The van der Waals surface area contributed by atoms with Crippen LogP contribution < -0.4 is 0 Å². The highest BCUT2D eigenvalue weighted by Crippen LogP contribution is 2.50. The third-order valence-corrected chi connectivity index (χ3v) is 8.94. The maximum atomic E-state index is 13.9. The SMILES string of the molecule is O=C(CCOC(c1ccccc1)(c1ccccc1)c1ccccc1)CP(=O)(OCc1ccccc1)OCc1ccccc1. The van der Waals surface area contributed by atoms with Crippen LogP contribution in [0, 0.1) is 0 Å². The van der Waals surface area contributed by atoms with Crippen LogP contribution in [-0.4, -0.2) is 18.6 Å². The highest BCUT2D eigenvalue weighted by Gasteiger charge is 2.38. The van der Waals surface area contributed by atoms with Crippen LogP contribution in [0.25, 0.3) is 0 Å². The molecule has 0 aliphatic heterocycles. The second-order valence-electron chi connectivity index (χ2n) is 10.2. The molecule has 5 rings (SSSR count). The first kappa shape index (κ1) is 30.3. The molecule has 0 aliphatic rings. The van der Waals surface area contributed by atoms with E-state index in [4.69, 9.17) is 13.8 Å². The van der Waals surface area contributed by atoms with Gasteiger partial charge in [-0.3, -0.25) is 9.36 Å². The second-order valence-corrected chi connectivity index (χ2v) is 12.3. The van der Waals surface area contributed by atoms with E-state index in [0.29, 0.717) is 0 Å². The largest absolute Gasteiger partial charge is 0.360 e. The molecule has 0 radical (unpaired) electrons. The van der Waals surface area contributed by atoms with Gasteiger partial charge in [0.2, 0.25) is 0 Å². The molecule has 0 fully saturated rings. The van der Waals surface area contributed by atoms with Crippen molar-refractivity contribution in [1.82, 2.24) is 0 Å². The van der Waals surface area contributed by atoms with Crippen molar-refractivity contribution in [2.75, 3.05) is 12.8 Å². The monoisotopic (exact) mass is 590 g/mol. The Morgan fingerprint density at radius 3 is 1.26 bits per heavy atom. The Morgan fingerprint density at radius 1 is 0.535 bits per heavy atom. The maximum Gasteiger partial charge on any atom is 0.338 e. The molecule has 0 bridgehead atoms. The van der Waals surface area contributed by atoms with Crippen molar-refractivity contribution in [3.8, 4) is 0 Å². The van der Waals surface area contributed by atoms with Gasteiger partial charge in [-0.2, -0.15) is 0 Å². The van der Waals surface area contributed by atoms with Crippen LogP contribution in [-0.2, 0) is 42.0 Å². The average molecular weight is 591 g/mol. The summed E-state index contributed by atoms with van der Waals surface area (Å²) in [5.41, 5.74) is 3.59. The van der Waals surface area contributed by atoms with E-state index in [1.807, 2.05) is 152 Å². The van der Waals surface area contributed by atoms with Gasteiger partial charge in [0.05, 0.1) is 19.8 Å². The van der Waals surface area contributed by atoms with E-state index >= 15 is 0 Å². The summed E-state index contributed by atoms with van der Waals surface area (Å²) in [4.78, 5) is 13.4. The van der Waals surface area contributed by atoms with Gasteiger partial charge in [-0.25, -0.2) is 0 Å². The summed E-state index contributed by atoms with van der Waals surface area (Å²) in [7, 11) is -3.77. The molecule has 0 aromatic heterocycles. The first-order chi connectivity index (χ1) is 21.1. The van der Waals surface area contributed by atoms with Crippen LogP contribution in [0.4, 0.5) is 0 Å². The Kier molecular flexibility index (Phi) is 10.5. The quantitative estimate of drug-likeness (QED) is 0.0903. The minimum atomic E-state index is -3.77. The molecule has 5 aromatic rings. The lowest BCUT2D eigenvalue weighted by Crippen LogP contribution is -2.33. The van der Waals surface area contributed by atoms with Gasteiger partial charge < -0.3 is 13.8 Å². The number of hydrogen-bond acceptors (Lipinski definition) is 5. The summed E-state index contributed by atoms with van der Waals surface area (Å²) in [5.74, 6) is -0.257. The van der Waals surface area contributed by atoms with Gasteiger partial charge in [-0.15, -0.1) is 0 Å². The number of benzene rings is 5. The van der Waals surface area contributed by atoms with Gasteiger partial charge in [0, 0.05) is 6.42 Å². The zero-order valence-electron chi connectivity index (χ0n) is 24.0. The fourth-order valence-electron chi connectivity index (χ4n) is 5.00. The fourth-order valence-corrected chi connectivity index (χ4v) is 6.54. The molecule has 0 heterocycles. The fraction of sp³-hybridized carbons (Fsp3) is 0.162. The normalized spacial score (nSPS) is 11.7. The van der Waals surface area contributed by atoms with Crippen molar-refractivity contribution in [1.29, 1.82) is 0 Å². The molecular formula is C37H35O5P. The third-order valence-electron chi connectivity index (χ3n) is 7.15. The molecule has 6 heteroatoms. The van der Waals surface area contributed by atoms with Crippen LogP contribution in [0.1, 0.15) is 34.2 Å². The molecule has 43 heavy (non-hydrogen) atoms. The Labute approximate surface area is 253 Å². The van der Waals surface area contributed by atoms with Gasteiger partial charge in [0.15, 0.2) is 0 Å². The first-order valence-corrected chi connectivity index (χ1v) is 16.1. The van der Waals surface area contributed by atoms with Gasteiger partial charge in [-0.1, -0.05) is 152 Å². The molecule has 0 aliphatic carbocycles. The number of ether oxygens (including phenoxy) is 1. The summed E-state index contributed by atoms with van der Waals surface area (Å²) in [6.45, 7) is 0.264. The summed E-state index contributed by atoms with van der Waals surface area (Å²) < 4.78 is 32.3. The molecule has 0 unspecified atom stereocenters. The van der Waals surface area contributed by atoms with Crippen molar-refractivity contribution >= 4 is 13.4 Å². The van der Waals surface area contributed by atoms with Crippen LogP contribution in [0.2, 0.25) is 0 Å². The van der Waals surface area contributed by atoms with Gasteiger partial charge in [-0.05, 0) is 27.8 Å². The molecule has 5 aromatic carbocycles. The zero-order chi connectivity index (χ0) is 29.8. The highest BCUT2D eigenvalue weighted by molar-refractivity contribution is 7.54. The molecule has 0 amide bonds. The summed E-state index contributed by atoms with van der Waals surface area (Å²) in [5, 5.41) is 0. The van der Waals surface area contributed by atoms with Gasteiger partial charge in [0.1, 0.15) is 17.5 Å². The van der Waals surface area contributed by atoms with E-state index < -0.39 is 13.2 Å². The van der Waals surface area contributed by atoms with E-state index in [1.165, 1.54) is 0 Å². The average Bonchev–Trinajstić information content (AvgIpc) is 3.07.